The Balaban J connectivity index is 1.66. The summed E-state index contributed by atoms with van der Waals surface area (Å²) in [6.45, 7) is 0. The van der Waals surface area contributed by atoms with Crippen molar-refractivity contribution in [3.63, 3.8) is 0 Å². The average Bonchev–Trinajstić information content (AvgIpc) is 3.48. The number of carbonyl (C=O) groups excluding carboxylic acids is 1. The molecule has 0 radical (unpaired) electrons. The minimum Gasteiger partial charge on any atom is -0.510 e. The van der Waals surface area contributed by atoms with Gasteiger partial charge in [-0.25, -0.2) is 0 Å². The molecule has 1 aliphatic rings. The van der Waals surface area contributed by atoms with E-state index in [1.54, 1.807) is 18.2 Å². The number of nitriles is 1. The number of anilines is 1. The van der Waals surface area contributed by atoms with Crippen LogP contribution in [0.15, 0.2) is 59.9 Å². The Morgan fingerprint density at radius 2 is 1.62 bits per heavy atom. The number of halogens is 1. The second kappa shape index (κ2) is 7.90. The molecule has 0 bridgehead atoms. The van der Waals surface area contributed by atoms with Crippen molar-refractivity contribution in [2.24, 2.45) is 5.92 Å². The number of aliphatic hydroxyl groups excluding tert-OH is 1. The summed E-state index contributed by atoms with van der Waals surface area (Å²) in [6, 6.07) is 16.5. The van der Waals surface area contributed by atoms with Crippen LogP contribution in [0, 0.1) is 17.2 Å². The van der Waals surface area contributed by atoms with Crippen LogP contribution in [0.3, 0.4) is 0 Å². The van der Waals surface area contributed by atoms with Crippen LogP contribution in [0.2, 0.25) is 5.02 Å². The Kier molecular flexibility index (Phi) is 5.40. The molecule has 5 heteroatoms. The van der Waals surface area contributed by atoms with Gasteiger partial charge >= 0.3 is 0 Å². The summed E-state index contributed by atoms with van der Waals surface area (Å²) in [5, 5.41) is 22.4. The first-order valence-electron chi connectivity index (χ1n) is 8.25. The number of hydrogen-bond acceptors (Lipinski definition) is 3. The highest BCUT2D eigenvalue weighted by Gasteiger charge is 2.30. The number of carbonyl (C=O) groups is 1. The monoisotopic (exact) mass is 364 g/mol. The summed E-state index contributed by atoms with van der Waals surface area (Å²) < 4.78 is 0. The van der Waals surface area contributed by atoms with Crippen LogP contribution >= 0.6 is 11.6 Å². The number of nitrogens with zero attached hydrogens (tertiary/aromatic N) is 1. The van der Waals surface area contributed by atoms with Gasteiger partial charge in [0.25, 0.3) is 5.91 Å². The Morgan fingerprint density at radius 1 is 1.08 bits per heavy atom. The van der Waals surface area contributed by atoms with E-state index in [9.17, 15) is 9.90 Å². The number of benzene rings is 2. The van der Waals surface area contributed by atoms with Gasteiger partial charge in [-0.05, 0) is 48.2 Å². The fourth-order valence-corrected chi connectivity index (χ4v) is 2.55. The van der Waals surface area contributed by atoms with E-state index < -0.39 is 5.91 Å². The third kappa shape index (κ3) is 4.53. The summed E-state index contributed by atoms with van der Waals surface area (Å²) in [5.74, 6) is -0.732. The van der Waals surface area contributed by atoms with Crippen LogP contribution < -0.4 is 5.32 Å². The van der Waals surface area contributed by atoms with E-state index in [1.807, 2.05) is 48.6 Å². The Morgan fingerprint density at radius 3 is 2.12 bits per heavy atom. The van der Waals surface area contributed by atoms with E-state index in [1.165, 1.54) is 0 Å². The maximum atomic E-state index is 12.2. The summed E-state index contributed by atoms with van der Waals surface area (Å²) >= 11 is 5.86. The number of allylic oxidation sites excluding steroid dienone is 1. The molecule has 1 saturated carbocycles. The van der Waals surface area contributed by atoms with E-state index in [0.29, 0.717) is 10.7 Å². The largest absolute Gasteiger partial charge is 0.510 e. The Hall–Kier alpha value is -3.03. The van der Waals surface area contributed by atoms with Gasteiger partial charge in [-0.3, -0.25) is 4.79 Å². The van der Waals surface area contributed by atoms with Gasteiger partial charge in [0.2, 0.25) is 0 Å². The van der Waals surface area contributed by atoms with Crippen molar-refractivity contribution in [2.45, 2.75) is 12.8 Å². The highest BCUT2D eigenvalue weighted by molar-refractivity contribution is 6.30. The van der Waals surface area contributed by atoms with Crippen LogP contribution in [-0.4, -0.2) is 11.0 Å². The first kappa shape index (κ1) is 17.8. The lowest BCUT2D eigenvalue weighted by Crippen LogP contribution is -2.15. The average molecular weight is 365 g/mol. The number of rotatable bonds is 5. The molecule has 26 heavy (non-hydrogen) atoms. The zero-order valence-electron chi connectivity index (χ0n) is 13.9. The van der Waals surface area contributed by atoms with E-state index in [4.69, 9.17) is 16.9 Å². The lowest BCUT2D eigenvalue weighted by Gasteiger charge is -2.06. The van der Waals surface area contributed by atoms with Gasteiger partial charge in [0.15, 0.2) is 5.57 Å². The van der Waals surface area contributed by atoms with Crippen LogP contribution in [0.5, 0.6) is 0 Å². The zero-order chi connectivity index (χ0) is 18.5. The summed E-state index contributed by atoms with van der Waals surface area (Å²) in [7, 11) is 0. The zero-order valence-corrected chi connectivity index (χ0v) is 14.7. The minimum absolute atomic E-state index is 0.0456. The minimum atomic E-state index is -0.582. The van der Waals surface area contributed by atoms with Gasteiger partial charge in [-0.1, -0.05) is 48.0 Å². The molecule has 2 aromatic carbocycles. The first-order valence-corrected chi connectivity index (χ1v) is 8.63. The van der Waals surface area contributed by atoms with E-state index in [0.717, 1.165) is 24.0 Å². The summed E-state index contributed by atoms with van der Waals surface area (Å²) in [4.78, 5) is 12.2. The van der Waals surface area contributed by atoms with Crippen molar-refractivity contribution >= 4 is 35.3 Å². The SMILES string of the molecule is N#C/C(C(=O)Nc1ccc(/C=C/c2ccc(Cl)cc2)cc1)=C(/O)C1CC1. The quantitative estimate of drug-likeness (QED) is 0.331. The smallest absolute Gasteiger partial charge is 0.269 e. The highest BCUT2D eigenvalue weighted by Crippen LogP contribution is 2.36. The third-order valence-electron chi connectivity index (χ3n) is 4.07. The predicted molar refractivity (Wildman–Crippen MR) is 103 cm³/mol. The summed E-state index contributed by atoms with van der Waals surface area (Å²) in [6.07, 6.45) is 5.56. The molecule has 1 fully saturated rings. The summed E-state index contributed by atoms with van der Waals surface area (Å²) in [5.41, 5.74) is 2.36. The Bertz CT molecular complexity index is 903. The molecule has 0 heterocycles. The molecule has 0 atom stereocenters. The van der Waals surface area contributed by atoms with Crippen LogP contribution in [0.25, 0.3) is 12.2 Å². The van der Waals surface area contributed by atoms with E-state index in [2.05, 4.69) is 5.32 Å². The number of nitrogens with one attached hydrogen (secondary N) is 1. The number of hydrogen-bond donors (Lipinski definition) is 2. The van der Waals surface area contributed by atoms with Crippen LogP contribution in [0.1, 0.15) is 24.0 Å². The van der Waals surface area contributed by atoms with Gasteiger partial charge in [0.1, 0.15) is 11.8 Å². The van der Waals surface area contributed by atoms with Gasteiger partial charge in [0, 0.05) is 16.6 Å². The van der Waals surface area contributed by atoms with Crippen molar-refractivity contribution in [3.05, 3.63) is 76.0 Å². The first-order chi connectivity index (χ1) is 12.6. The van der Waals surface area contributed by atoms with E-state index in [-0.39, 0.29) is 17.3 Å². The van der Waals surface area contributed by atoms with Crippen molar-refractivity contribution < 1.29 is 9.90 Å². The second-order valence-corrected chi connectivity index (χ2v) is 6.54. The van der Waals surface area contributed by atoms with Crippen LogP contribution in [0.4, 0.5) is 5.69 Å². The topological polar surface area (TPSA) is 73.1 Å². The molecule has 0 saturated heterocycles. The Labute approximate surface area is 157 Å². The van der Waals surface area contributed by atoms with Crippen molar-refractivity contribution in [1.82, 2.24) is 0 Å². The normalized spacial score (nSPS) is 14.6. The number of amides is 1. The maximum absolute atomic E-state index is 12.2. The van der Waals surface area contributed by atoms with Gasteiger partial charge in [-0.2, -0.15) is 5.26 Å². The molecule has 2 aromatic rings. The molecular weight excluding hydrogens is 348 g/mol. The molecule has 3 rings (SSSR count). The lowest BCUT2D eigenvalue weighted by atomic mass is 10.1. The second-order valence-electron chi connectivity index (χ2n) is 6.11. The standard InChI is InChI=1S/C21H17ClN2O2/c22-17-9-3-14(4-10-17)1-2-15-5-11-18(12-6-15)24-21(26)19(13-23)20(25)16-7-8-16/h1-6,9-12,16,25H,7-8H2,(H,24,26)/b2-1+,20-19-. The van der Waals surface area contributed by atoms with Crippen molar-refractivity contribution in [2.75, 3.05) is 5.32 Å². The molecule has 0 aliphatic heterocycles. The van der Waals surface area contributed by atoms with Crippen LogP contribution in [-0.2, 0) is 4.79 Å². The van der Waals surface area contributed by atoms with Crippen molar-refractivity contribution in [1.29, 1.82) is 5.26 Å². The molecule has 2 N–H and O–H groups in total. The lowest BCUT2D eigenvalue weighted by molar-refractivity contribution is -0.112. The molecule has 130 valence electrons. The molecular formula is C21H17ClN2O2. The molecule has 0 unspecified atom stereocenters. The maximum Gasteiger partial charge on any atom is 0.269 e. The molecule has 4 nitrogen and oxygen atoms in total. The number of aliphatic hydroxyl groups is 1. The van der Waals surface area contributed by atoms with Gasteiger partial charge < -0.3 is 10.4 Å². The third-order valence-corrected chi connectivity index (χ3v) is 4.32. The fourth-order valence-electron chi connectivity index (χ4n) is 2.42. The highest BCUT2D eigenvalue weighted by atomic mass is 35.5. The van der Waals surface area contributed by atoms with Gasteiger partial charge in [0.05, 0.1) is 0 Å². The van der Waals surface area contributed by atoms with Crippen molar-refractivity contribution in [3.8, 4) is 6.07 Å². The molecule has 1 amide bonds. The molecule has 1 aliphatic carbocycles. The molecule has 0 spiro atoms. The predicted octanol–water partition coefficient (Wildman–Crippen LogP) is 5.19. The van der Waals surface area contributed by atoms with Gasteiger partial charge in [-0.15, -0.1) is 0 Å². The van der Waals surface area contributed by atoms with E-state index >= 15 is 0 Å². The molecule has 0 aromatic heterocycles. The fraction of sp³-hybridized carbons (Fsp3) is 0.143.